The Hall–Kier alpha value is -3.27. The Morgan fingerprint density at radius 2 is 1.69 bits per heavy atom. The van der Waals surface area contributed by atoms with E-state index in [0.29, 0.717) is 19.5 Å². The summed E-state index contributed by atoms with van der Waals surface area (Å²) in [6, 6.07) is 15.9. The standard InChI is InChI=1S/C23H24N2O6S/c26-22(18-2-1-12-24-14-18)15-25-13-11-17-3-7-20(8-4-17)32(29,30)21-9-5-19(6-10-21)31-16-23(27)28/h1-10,12,14,22,25-26H,11,13,15-16H2,(H,27,28)/t22-/m1/s1. The molecule has 1 atom stereocenters. The van der Waals surface area contributed by atoms with Gasteiger partial charge in [-0.15, -0.1) is 0 Å². The minimum atomic E-state index is -3.70. The number of nitrogens with one attached hydrogen (secondary N) is 1. The summed E-state index contributed by atoms with van der Waals surface area (Å²) >= 11 is 0. The van der Waals surface area contributed by atoms with Gasteiger partial charge in [0.1, 0.15) is 5.75 Å². The summed E-state index contributed by atoms with van der Waals surface area (Å²) in [5.74, 6) is -0.829. The number of carboxylic acids is 1. The maximum absolute atomic E-state index is 12.8. The highest BCUT2D eigenvalue weighted by Gasteiger charge is 2.17. The Kier molecular flexibility index (Phi) is 7.93. The maximum Gasteiger partial charge on any atom is 0.341 e. The van der Waals surface area contributed by atoms with Crippen LogP contribution in [0.4, 0.5) is 0 Å². The number of rotatable bonds is 11. The molecule has 9 heteroatoms. The van der Waals surface area contributed by atoms with Gasteiger partial charge in [-0.2, -0.15) is 0 Å². The minimum Gasteiger partial charge on any atom is -0.482 e. The van der Waals surface area contributed by atoms with Crippen LogP contribution in [0.2, 0.25) is 0 Å². The van der Waals surface area contributed by atoms with E-state index in [4.69, 9.17) is 9.84 Å². The zero-order chi connectivity index (χ0) is 23.0. The molecule has 3 N–H and O–H groups in total. The van der Waals surface area contributed by atoms with Crippen molar-refractivity contribution in [2.45, 2.75) is 22.3 Å². The molecule has 32 heavy (non-hydrogen) atoms. The molecule has 0 unspecified atom stereocenters. The van der Waals surface area contributed by atoms with Gasteiger partial charge in [0.25, 0.3) is 0 Å². The molecule has 0 aliphatic heterocycles. The second-order valence-electron chi connectivity index (χ2n) is 7.06. The molecule has 168 valence electrons. The smallest absolute Gasteiger partial charge is 0.341 e. The molecular weight excluding hydrogens is 432 g/mol. The van der Waals surface area contributed by atoms with Gasteiger partial charge in [0, 0.05) is 24.5 Å². The van der Waals surface area contributed by atoms with E-state index in [1.165, 1.54) is 24.3 Å². The van der Waals surface area contributed by atoms with Crippen molar-refractivity contribution in [2.24, 2.45) is 0 Å². The number of carbonyl (C=O) groups is 1. The van der Waals surface area contributed by atoms with E-state index < -0.39 is 28.5 Å². The van der Waals surface area contributed by atoms with Gasteiger partial charge in [0.15, 0.2) is 6.61 Å². The number of pyridine rings is 1. The van der Waals surface area contributed by atoms with E-state index in [-0.39, 0.29) is 15.5 Å². The SMILES string of the molecule is O=C(O)COc1ccc(S(=O)(=O)c2ccc(CCNC[C@@H](O)c3cccnc3)cc2)cc1. The number of hydrogen-bond acceptors (Lipinski definition) is 7. The number of aromatic nitrogens is 1. The highest BCUT2D eigenvalue weighted by atomic mass is 32.2. The number of sulfone groups is 1. The number of aliphatic hydroxyl groups excluding tert-OH is 1. The van der Waals surface area contributed by atoms with Crippen molar-refractivity contribution in [3.8, 4) is 5.75 Å². The molecular formula is C23H24N2O6S. The van der Waals surface area contributed by atoms with Crippen molar-refractivity contribution in [1.29, 1.82) is 0 Å². The number of hydrogen-bond donors (Lipinski definition) is 3. The number of carboxylic acid groups (broad SMARTS) is 1. The predicted molar refractivity (Wildman–Crippen MR) is 117 cm³/mol. The lowest BCUT2D eigenvalue weighted by atomic mass is 10.1. The Morgan fingerprint density at radius 1 is 1.03 bits per heavy atom. The average molecular weight is 457 g/mol. The van der Waals surface area contributed by atoms with Crippen molar-refractivity contribution in [3.05, 3.63) is 84.2 Å². The number of aliphatic hydroxyl groups is 1. The molecule has 0 fully saturated rings. The van der Waals surface area contributed by atoms with E-state index in [2.05, 4.69) is 10.3 Å². The summed E-state index contributed by atoms with van der Waals surface area (Å²) in [5, 5.41) is 21.9. The monoisotopic (exact) mass is 456 g/mol. The molecule has 3 rings (SSSR count). The molecule has 0 spiro atoms. The van der Waals surface area contributed by atoms with Crippen molar-refractivity contribution >= 4 is 15.8 Å². The second-order valence-corrected chi connectivity index (χ2v) is 9.01. The number of nitrogens with zero attached hydrogens (tertiary/aromatic N) is 1. The lowest BCUT2D eigenvalue weighted by Crippen LogP contribution is -2.23. The second kappa shape index (κ2) is 10.9. The number of benzene rings is 2. The van der Waals surface area contributed by atoms with Crippen LogP contribution in [0.15, 0.2) is 82.8 Å². The molecule has 2 aromatic carbocycles. The third-order valence-corrected chi connectivity index (χ3v) is 6.51. The molecule has 0 aliphatic rings. The van der Waals surface area contributed by atoms with Crippen LogP contribution in [-0.4, -0.2) is 49.3 Å². The summed E-state index contributed by atoms with van der Waals surface area (Å²) < 4.78 is 30.6. The van der Waals surface area contributed by atoms with Gasteiger partial charge in [-0.1, -0.05) is 18.2 Å². The van der Waals surface area contributed by atoms with E-state index in [1.54, 1.807) is 42.7 Å². The summed E-state index contributed by atoms with van der Waals surface area (Å²) in [5.41, 5.74) is 1.71. The third-order valence-electron chi connectivity index (χ3n) is 4.73. The molecule has 0 saturated carbocycles. The van der Waals surface area contributed by atoms with E-state index in [0.717, 1.165) is 11.1 Å². The van der Waals surface area contributed by atoms with Crippen LogP contribution < -0.4 is 10.1 Å². The Morgan fingerprint density at radius 3 is 2.28 bits per heavy atom. The lowest BCUT2D eigenvalue weighted by molar-refractivity contribution is -0.139. The Balaban J connectivity index is 1.53. The van der Waals surface area contributed by atoms with Crippen LogP contribution in [0, 0.1) is 0 Å². The largest absolute Gasteiger partial charge is 0.482 e. The molecule has 0 bridgehead atoms. The normalized spacial score (nSPS) is 12.3. The highest BCUT2D eigenvalue weighted by molar-refractivity contribution is 7.91. The van der Waals surface area contributed by atoms with Crippen LogP contribution >= 0.6 is 0 Å². The predicted octanol–water partition coefficient (Wildman–Crippen LogP) is 2.24. The fourth-order valence-corrected chi connectivity index (χ4v) is 4.25. The minimum absolute atomic E-state index is 0.0963. The summed E-state index contributed by atoms with van der Waals surface area (Å²) in [6.45, 7) is 0.524. The Labute approximate surface area is 186 Å². The number of aliphatic carboxylic acids is 1. The number of ether oxygens (including phenoxy) is 1. The summed E-state index contributed by atoms with van der Waals surface area (Å²) in [6.07, 6.45) is 3.31. The maximum atomic E-state index is 12.8. The van der Waals surface area contributed by atoms with Gasteiger partial charge in [-0.25, -0.2) is 13.2 Å². The van der Waals surface area contributed by atoms with Gasteiger partial charge >= 0.3 is 5.97 Å². The zero-order valence-electron chi connectivity index (χ0n) is 17.2. The van der Waals surface area contributed by atoms with Crippen LogP contribution in [-0.2, 0) is 21.1 Å². The zero-order valence-corrected chi connectivity index (χ0v) is 18.0. The summed E-state index contributed by atoms with van der Waals surface area (Å²) in [4.78, 5) is 14.8. The third kappa shape index (κ3) is 6.36. The molecule has 0 aliphatic carbocycles. The van der Waals surface area contributed by atoms with Crippen molar-refractivity contribution < 1.29 is 28.2 Å². The van der Waals surface area contributed by atoms with Gasteiger partial charge < -0.3 is 20.3 Å². The van der Waals surface area contributed by atoms with Crippen LogP contribution in [0.25, 0.3) is 0 Å². The molecule has 0 radical (unpaired) electrons. The Bertz CT molecular complexity index is 1120. The van der Waals surface area contributed by atoms with Crippen LogP contribution in [0.5, 0.6) is 5.75 Å². The fourth-order valence-electron chi connectivity index (χ4n) is 2.99. The van der Waals surface area contributed by atoms with Crippen molar-refractivity contribution in [1.82, 2.24) is 10.3 Å². The quantitative estimate of drug-likeness (QED) is 0.375. The van der Waals surface area contributed by atoms with Crippen molar-refractivity contribution in [3.63, 3.8) is 0 Å². The molecule has 1 aromatic heterocycles. The first-order chi connectivity index (χ1) is 15.4. The molecule has 1 heterocycles. The first-order valence-corrected chi connectivity index (χ1v) is 11.4. The molecule has 0 amide bonds. The van der Waals surface area contributed by atoms with Crippen molar-refractivity contribution in [2.75, 3.05) is 19.7 Å². The van der Waals surface area contributed by atoms with E-state index in [1.807, 2.05) is 6.07 Å². The van der Waals surface area contributed by atoms with Crippen LogP contribution in [0.3, 0.4) is 0 Å². The molecule has 0 saturated heterocycles. The molecule has 3 aromatic rings. The summed E-state index contributed by atoms with van der Waals surface area (Å²) in [7, 11) is -3.70. The van der Waals surface area contributed by atoms with Gasteiger partial charge in [-0.3, -0.25) is 4.98 Å². The van der Waals surface area contributed by atoms with Gasteiger partial charge in [-0.05, 0) is 61.0 Å². The highest BCUT2D eigenvalue weighted by Crippen LogP contribution is 2.23. The van der Waals surface area contributed by atoms with Crippen LogP contribution in [0.1, 0.15) is 17.2 Å². The molecule has 8 nitrogen and oxygen atoms in total. The average Bonchev–Trinajstić information content (AvgIpc) is 2.81. The topological polar surface area (TPSA) is 126 Å². The lowest BCUT2D eigenvalue weighted by Gasteiger charge is -2.12. The van der Waals surface area contributed by atoms with Gasteiger partial charge in [0.2, 0.25) is 9.84 Å². The fraction of sp³-hybridized carbons (Fsp3) is 0.217. The van der Waals surface area contributed by atoms with E-state index >= 15 is 0 Å². The van der Waals surface area contributed by atoms with Gasteiger partial charge in [0.05, 0.1) is 15.9 Å². The van der Waals surface area contributed by atoms with E-state index in [9.17, 15) is 18.3 Å². The first-order valence-electron chi connectivity index (χ1n) is 9.93. The first kappa shape index (κ1) is 23.4.